The third-order valence-electron chi connectivity index (χ3n) is 6.81. The molecule has 126 valence electrons. The van der Waals surface area contributed by atoms with E-state index in [4.69, 9.17) is 4.42 Å². The molecule has 3 heteroatoms. The van der Waals surface area contributed by atoms with E-state index in [9.17, 15) is 9.90 Å². The molecular weight excluding hydrogens is 288 g/mol. The fourth-order valence-electron chi connectivity index (χ4n) is 5.48. The summed E-state index contributed by atoms with van der Waals surface area (Å²) >= 11 is 0. The van der Waals surface area contributed by atoms with Crippen molar-refractivity contribution in [3.05, 3.63) is 36.3 Å². The number of rotatable bonds is 4. The number of fused-ring (bicyclic) bond motifs is 1. The molecule has 2 aliphatic carbocycles. The highest BCUT2D eigenvalue weighted by Gasteiger charge is 2.57. The molecule has 2 fully saturated rings. The molecule has 4 atom stereocenters. The van der Waals surface area contributed by atoms with Crippen molar-refractivity contribution in [1.29, 1.82) is 0 Å². The lowest BCUT2D eigenvalue weighted by atomic mass is 9.46. The standard InChI is InChI=1S/C20H28O3/c1-14-5-8-17-19(2,10-4-11-20(17,3)18(21)22)16(14)7-6-15-9-12-23-13-15/h9,12-13,16-17H,1,4-8,10-11H2,2-3H3,(H,21,22)/t16-,17?,19+,20-/m0/s1. The van der Waals surface area contributed by atoms with Gasteiger partial charge in [-0.05, 0) is 74.3 Å². The van der Waals surface area contributed by atoms with Gasteiger partial charge in [-0.2, -0.15) is 0 Å². The molecule has 1 aromatic rings. The van der Waals surface area contributed by atoms with Gasteiger partial charge < -0.3 is 9.52 Å². The molecule has 3 nitrogen and oxygen atoms in total. The largest absolute Gasteiger partial charge is 0.481 e. The molecule has 1 heterocycles. The van der Waals surface area contributed by atoms with Gasteiger partial charge in [0.2, 0.25) is 0 Å². The van der Waals surface area contributed by atoms with E-state index in [-0.39, 0.29) is 11.3 Å². The van der Waals surface area contributed by atoms with Crippen molar-refractivity contribution in [3.63, 3.8) is 0 Å². The Morgan fingerprint density at radius 3 is 2.87 bits per heavy atom. The van der Waals surface area contributed by atoms with E-state index in [1.807, 2.05) is 19.3 Å². The van der Waals surface area contributed by atoms with Crippen LogP contribution in [0.3, 0.4) is 0 Å². The number of aryl methyl sites for hydroxylation is 1. The minimum Gasteiger partial charge on any atom is -0.481 e. The average Bonchev–Trinajstić information content (AvgIpc) is 2.99. The van der Waals surface area contributed by atoms with Gasteiger partial charge in [0.15, 0.2) is 0 Å². The molecule has 0 aliphatic heterocycles. The summed E-state index contributed by atoms with van der Waals surface area (Å²) in [6, 6.07) is 2.02. The van der Waals surface area contributed by atoms with Crippen LogP contribution in [0.4, 0.5) is 0 Å². The first-order chi connectivity index (χ1) is 10.9. The van der Waals surface area contributed by atoms with Crippen molar-refractivity contribution in [2.45, 2.75) is 58.8 Å². The molecule has 0 amide bonds. The maximum Gasteiger partial charge on any atom is 0.309 e. The molecule has 1 aromatic heterocycles. The van der Waals surface area contributed by atoms with Gasteiger partial charge in [0.1, 0.15) is 0 Å². The second kappa shape index (κ2) is 5.85. The lowest BCUT2D eigenvalue weighted by Crippen LogP contribution is -2.53. The van der Waals surface area contributed by atoms with E-state index in [0.29, 0.717) is 5.92 Å². The lowest BCUT2D eigenvalue weighted by molar-refractivity contribution is -0.164. The lowest BCUT2D eigenvalue weighted by Gasteiger charge is -2.57. The maximum atomic E-state index is 12.0. The molecular formula is C20H28O3. The maximum absolute atomic E-state index is 12.0. The zero-order chi connectivity index (χ0) is 16.7. The van der Waals surface area contributed by atoms with Gasteiger partial charge in [-0.1, -0.05) is 25.5 Å². The van der Waals surface area contributed by atoms with Crippen molar-refractivity contribution < 1.29 is 14.3 Å². The number of carbonyl (C=O) groups is 1. The molecule has 0 aromatic carbocycles. The Morgan fingerprint density at radius 2 is 2.22 bits per heavy atom. The SMILES string of the molecule is C=C1CCC2[C@](C)(CCC[C@]2(C)C(=O)O)[C@H]1CCc1ccoc1. The first kappa shape index (κ1) is 16.4. The Hall–Kier alpha value is -1.51. The summed E-state index contributed by atoms with van der Waals surface area (Å²) in [6.45, 7) is 8.65. The number of hydrogen-bond acceptors (Lipinski definition) is 2. The number of carboxylic acids is 1. The number of hydrogen-bond donors (Lipinski definition) is 1. The van der Waals surface area contributed by atoms with Crippen LogP contribution in [0.1, 0.15) is 57.9 Å². The summed E-state index contributed by atoms with van der Waals surface area (Å²) in [7, 11) is 0. The predicted molar refractivity (Wildman–Crippen MR) is 90.1 cm³/mol. The summed E-state index contributed by atoms with van der Waals surface area (Å²) in [4.78, 5) is 12.0. The van der Waals surface area contributed by atoms with Crippen LogP contribution in [-0.2, 0) is 11.2 Å². The van der Waals surface area contributed by atoms with Crippen molar-refractivity contribution in [2.24, 2.45) is 22.7 Å². The third kappa shape index (κ3) is 2.64. The van der Waals surface area contributed by atoms with Gasteiger partial charge in [0.05, 0.1) is 17.9 Å². The Kier molecular flexibility index (Phi) is 4.16. The highest BCUT2D eigenvalue weighted by molar-refractivity contribution is 5.75. The fourth-order valence-corrected chi connectivity index (χ4v) is 5.48. The second-order valence-corrected chi connectivity index (χ2v) is 8.05. The second-order valence-electron chi connectivity index (χ2n) is 8.05. The van der Waals surface area contributed by atoms with E-state index in [1.165, 1.54) is 11.1 Å². The molecule has 0 spiro atoms. The zero-order valence-electron chi connectivity index (χ0n) is 14.3. The Balaban J connectivity index is 1.86. The smallest absolute Gasteiger partial charge is 0.309 e. The van der Waals surface area contributed by atoms with E-state index < -0.39 is 11.4 Å². The minimum absolute atomic E-state index is 0.0600. The molecule has 1 unspecified atom stereocenters. The minimum atomic E-state index is -0.616. The van der Waals surface area contributed by atoms with E-state index in [0.717, 1.165) is 44.9 Å². The van der Waals surface area contributed by atoms with Crippen molar-refractivity contribution in [3.8, 4) is 0 Å². The van der Waals surface area contributed by atoms with Crippen LogP contribution in [0.25, 0.3) is 0 Å². The van der Waals surface area contributed by atoms with Crippen molar-refractivity contribution in [2.75, 3.05) is 0 Å². The summed E-state index contributed by atoms with van der Waals surface area (Å²) in [5.74, 6) is 0.0470. The summed E-state index contributed by atoms with van der Waals surface area (Å²) in [5.41, 5.74) is 2.02. The first-order valence-corrected chi connectivity index (χ1v) is 8.80. The highest BCUT2D eigenvalue weighted by atomic mass is 16.4. The molecule has 2 aliphatic rings. The van der Waals surface area contributed by atoms with Gasteiger partial charge in [0, 0.05) is 0 Å². The van der Waals surface area contributed by atoms with Crippen LogP contribution in [0.5, 0.6) is 0 Å². The Bertz CT molecular complexity index is 588. The number of allylic oxidation sites excluding steroid dienone is 1. The normalized spacial score (nSPS) is 37.4. The van der Waals surface area contributed by atoms with Crippen molar-refractivity contribution in [1.82, 2.24) is 0 Å². The number of aliphatic carboxylic acids is 1. The topological polar surface area (TPSA) is 50.4 Å². The summed E-state index contributed by atoms with van der Waals surface area (Å²) < 4.78 is 5.18. The van der Waals surface area contributed by atoms with Crippen LogP contribution >= 0.6 is 0 Å². The number of furan rings is 1. The Morgan fingerprint density at radius 1 is 1.43 bits per heavy atom. The molecule has 2 saturated carbocycles. The van der Waals surface area contributed by atoms with Gasteiger partial charge in [-0.15, -0.1) is 0 Å². The monoisotopic (exact) mass is 316 g/mol. The molecule has 0 saturated heterocycles. The molecule has 0 bridgehead atoms. The highest BCUT2D eigenvalue weighted by Crippen LogP contribution is 2.61. The summed E-state index contributed by atoms with van der Waals surface area (Å²) in [6.07, 6.45) is 10.4. The van der Waals surface area contributed by atoms with Gasteiger partial charge in [-0.3, -0.25) is 4.79 Å². The van der Waals surface area contributed by atoms with Crippen LogP contribution in [0, 0.1) is 22.7 Å². The number of carboxylic acid groups (broad SMARTS) is 1. The van der Waals surface area contributed by atoms with Crippen molar-refractivity contribution >= 4 is 5.97 Å². The van der Waals surface area contributed by atoms with E-state index in [2.05, 4.69) is 13.5 Å². The third-order valence-corrected chi connectivity index (χ3v) is 6.81. The molecule has 1 N–H and O–H groups in total. The van der Waals surface area contributed by atoms with Gasteiger partial charge in [-0.25, -0.2) is 0 Å². The van der Waals surface area contributed by atoms with E-state index in [1.54, 1.807) is 6.26 Å². The van der Waals surface area contributed by atoms with Crippen LogP contribution in [0.15, 0.2) is 35.2 Å². The summed E-state index contributed by atoms with van der Waals surface area (Å²) in [5, 5.41) is 9.85. The fraction of sp³-hybridized carbons (Fsp3) is 0.650. The van der Waals surface area contributed by atoms with Gasteiger partial charge in [0.25, 0.3) is 0 Å². The molecule has 0 radical (unpaired) electrons. The van der Waals surface area contributed by atoms with Crippen LogP contribution < -0.4 is 0 Å². The average molecular weight is 316 g/mol. The predicted octanol–water partition coefficient (Wildman–Crippen LogP) is 5.08. The molecule has 3 rings (SSSR count). The van der Waals surface area contributed by atoms with Crippen LogP contribution in [0.2, 0.25) is 0 Å². The zero-order valence-corrected chi connectivity index (χ0v) is 14.3. The first-order valence-electron chi connectivity index (χ1n) is 8.80. The van der Waals surface area contributed by atoms with Gasteiger partial charge >= 0.3 is 5.97 Å². The Labute approximate surface area is 138 Å². The van der Waals surface area contributed by atoms with E-state index >= 15 is 0 Å². The van der Waals surface area contributed by atoms with Crippen LogP contribution in [-0.4, -0.2) is 11.1 Å². The quantitative estimate of drug-likeness (QED) is 0.788. The molecule has 23 heavy (non-hydrogen) atoms.